The number of hydrogen-bond acceptors (Lipinski definition) is 3. The van der Waals surface area contributed by atoms with E-state index in [1.807, 2.05) is 35.8 Å². The topological polar surface area (TPSA) is 76.0 Å². The van der Waals surface area contributed by atoms with E-state index in [0.717, 1.165) is 23.9 Å². The molecule has 3 rings (SSSR count). The van der Waals surface area contributed by atoms with Crippen molar-refractivity contribution < 1.29 is 9.59 Å². The molecular formula is C18H24N4O2. The van der Waals surface area contributed by atoms with Crippen LogP contribution < -0.4 is 10.6 Å². The Morgan fingerprint density at radius 2 is 2.00 bits per heavy atom. The van der Waals surface area contributed by atoms with Gasteiger partial charge in [-0.2, -0.15) is 0 Å². The minimum absolute atomic E-state index is 0.00123. The van der Waals surface area contributed by atoms with Gasteiger partial charge in [-0.25, -0.2) is 4.98 Å². The van der Waals surface area contributed by atoms with Gasteiger partial charge < -0.3 is 15.2 Å². The third-order valence-corrected chi connectivity index (χ3v) is 4.51. The molecule has 1 heterocycles. The van der Waals surface area contributed by atoms with Gasteiger partial charge in [0.2, 0.25) is 11.8 Å². The molecule has 0 radical (unpaired) electrons. The van der Waals surface area contributed by atoms with Crippen molar-refractivity contribution in [3.05, 3.63) is 30.1 Å². The smallest absolute Gasteiger partial charge is 0.240 e. The minimum atomic E-state index is -0.255. The zero-order valence-electron chi connectivity index (χ0n) is 14.2. The van der Waals surface area contributed by atoms with Crippen LogP contribution in [0, 0.1) is 0 Å². The summed E-state index contributed by atoms with van der Waals surface area (Å²) in [4.78, 5) is 28.5. The number of carbonyl (C=O) groups excluding carboxylic acids is 2. The Morgan fingerprint density at radius 3 is 2.71 bits per heavy atom. The average molecular weight is 328 g/mol. The van der Waals surface area contributed by atoms with E-state index in [9.17, 15) is 9.59 Å². The van der Waals surface area contributed by atoms with E-state index in [1.54, 1.807) is 0 Å². The van der Waals surface area contributed by atoms with Crippen molar-refractivity contribution >= 4 is 22.8 Å². The first kappa shape index (κ1) is 16.5. The molecule has 1 aromatic carbocycles. The van der Waals surface area contributed by atoms with Crippen LogP contribution in [0.25, 0.3) is 11.0 Å². The van der Waals surface area contributed by atoms with Crippen molar-refractivity contribution in [1.29, 1.82) is 0 Å². The number of fused-ring (bicyclic) bond motifs is 1. The van der Waals surface area contributed by atoms with E-state index >= 15 is 0 Å². The molecule has 6 nitrogen and oxygen atoms in total. The van der Waals surface area contributed by atoms with E-state index in [-0.39, 0.29) is 24.4 Å². The van der Waals surface area contributed by atoms with Crippen LogP contribution in [-0.4, -0.2) is 27.4 Å². The van der Waals surface area contributed by atoms with Gasteiger partial charge in [0.15, 0.2) is 0 Å². The summed E-state index contributed by atoms with van der Waals surface area (Å²) in [6, 6.07) is 7.77. The van der Waals surface area contributed by atoms with Gasteiger partial charge in [-0.3, -0.25) is 9.59 Å². The molecule has 1 aromatic heterocycles. The molecule has 24 heavy (non-hydrogen) atoms. The molecule has 1 fully saturated rings. The molecule has 0 spiro atoms. The van der Waals surface area contributed by atoms with E-state index in [1.165, 1.54) is 19.8 Å². The molecule has 1 aliphatic carbocycles. The van der Waals surface area contributed by atoms with Crippen molar-refractivity contribution in [2.75, 3.05) is 0 Å². The van der Waals surface area contributed by atoms with Gasteiger partial charge in [0, 0.05) is 13.0 Å². The lowest BCUT2D eigenvalue weighted by molar-refractivity contribution is -0.122. The van der Waals surface area contributed by atoms with Crippen molar-refractivity contribution in [2.45, 2.75) is 58.2 Å². The van der Waals surface area contributed by atoms with Crippen molar-refractivity contribution in [2.24, 2.45) is 0 Å². The van der Waals surface area contributed by atoms with Crippen molar-refractivity contribution in [3.8, 4) is 0 Å². The quantitative estimate of drug-likeness (QED) is 0.884. The molecule has 0 bridgehead atoms. The second kappa shape index (κ2) is 7.03. The molecule has 0 aliphatic heterocycles. The van der Waals surface area contributed by atoms with Gasteiger partial charge in [0.25, 0.3) is 0 Å². The lowest BCUT2D eigenvalue weighted by Crippen LogP contribution is -2.36. The van der Waals surface area contributed by atoms with Gasteiger partial charge in [-0.05, 0) is 31.9 Å². The summed E-state index contributed by atoms with van der Waals surface area (Å²) in [5, 5.41) is 5.97. The largest absolute Gasteiger partial charge is 0.352 e. The number of imidazole rings is 1. The number of hydrogen-bond donors (Lipinski definition) is 2. The molecule has 1 atom stereocenters. The molecule has 2 N–H and O–H groups in total. The zero-order chi connectivity index (χ0) is 17.1. The fourth-order valence-corrected chi connectivity index (χ4v) is 3.45. The first-order chi connectivity index (χ1) is 11.5. The molecule has 0 unspecified atom stereocenters. The molecular weight excluding hydrogens is 304 g/mol. The number of para-hydroxylation sites is 2. The lowest BCUT2D eigenvalue weighted by Gasteiger charge is -2.17. The summed E-state index contributed by atoms with van der Waals surface area (Å²) >= 11 is 0. The Labute approximate surface area is 141 Å². The van der Waals surface area contributed by atoms with Crippen LogP contribution in [0.4, 0.5) is 0 Å². The number of amides is 2. The molecule has 2 aromatic rings. The second-order valence-electron chi connectivity index (χ2n) is 6.52. The molecule has 2 amide bonds. The first-order valence-corrected chi connectivity index (χ1v) is 8.56. The maximum atomic E-state index is 12.5. The highest BCUT2D eigenvalue weighted by Crippen LogP contribution is 2.21. The number of aromatic nitrogens is 2. The molecule has 0 saturated heterocycles. The number of benzene rings is 1. The van der Waals surface area contributed by atoms with Crippen LogP contribution in [0.2, 0.25) is 0 Å². The van der Waals surface area contributed by atoms with Crippen LogP contribution in [-0.2, 0) is 16.1 Å². The summed E-state index contributed by atoms with van der Waals surface area (Å²) in [6.07, 6.45) is 4.49. The highest BCUT2D eigenvalue weighted by Gasteiger charge is 2.21. The fourth-order valence-electron chi connectivity index (χ4n) is 3.45. The van der Waals surface area contributed by atoms with E-state index in [2.05, 4.69) is 15.6 Å². The number of nitrogens with one attached hydrogen (secondary N) is 2. The maximum absolute atomic E-state index is 12.5. The third-order valence-electron chi connectivity index (χ3n) is 4.51. The third kappa shape index (κ3) is 3.58. The predicted octanol–water partition coefficient (Wildman–Crippen LogP) is 2.29. The van der Waals surface area contributed by atoms with Gasteiger partial charge in [0.05, 0.1) is 17.1 Å². The lowest BCUT2D eigenvalue weighted by atomic mass is 10.2. The normalized spacial score (nSPS) is 16.2. The van der Waals surface area contributed by atoms with Crippen LogP contribution in [0.5, 0.6) is 0 Å². The maximum Gasteiger partial charge on any atom is 0.240 e. The van der Waals surface area contributed by atoms with Crippen LogP contribution in [0.15, 0.2) is 24.3 Å². The van der Waals surface area contributed by atoms with Crippen LogP contribution in [0.1, 0.15) is 51.4 Å². The monoisotopic (exact) mass is 328 g/mol. The molecule has 128 valence electrons. The van der Waals surface area contributed by atoms with Crippen LogP contribution >= 0.6 is 0 Å². The zero-order valence-corrected chi connectivity index (χ0v) is 14.2. The van der Waals surface area contributed by atoms with Gasteiger partial charge in [-0.15, -0.1) is 0 Å². The molecule has 6 heteroatoms. The average Bonchev–Trinajstić information content (AvgIpc) is 3.15. The van der Waals surface area contributed by atoms with E-state index in [0.29, 0.717) is 11.9 Å². The highest BCUT2D eigenvalue weighted by molar-refractivity contribution is 5.81. The molecule has 1 saturated carbocycles. The summed E-state index contributed by atoms with van der Waals surface area (Å²) in [7, 11) is 0. The number of carbonyl (C=O) groups is 2. The van der Waals surface area contributed by atoms with E-state index in [4.69, 9.17) is 0 Å². The number of rotatable bonds is 5. The molecule has 1 aliphatic rings. The predicted molar refractivity (Wildman–Crippen MR) is 92.4 cm³/mol. The summed E-state index contributed by atoms with van der Waals surface area (Å²) < 4.78 is 1.90. The Morgan fingerprint density at radius 1 is 1.29 bits per heavy atom. The summed E-state index contributed by atoms with van der Waals surface area (Å²) in [6.45, 7) is 3.58. The Hall–Kier alpha value is -2.37. The minimum Gasteiger partial charge on any atom is -0.352 e. The summed E-state index contributed by atoms with van der Waals surface area (Å²) in [5.41, 5.74) is 1.74. The first-order valence-electron chi connectivity index (χ1n) is 8.56. The fraction of sp³-hybridized carbons (Fsp3) is 0.500. The Balaban J connectivity index is 1.86. The van der Waals surface area contributed by atoms with Gasteiger partial charge in [-0.1, -0.05) is 25.0 Å². The SMILES string of the molecule is CC(=O)N[C@H](C)c1nc2ccccc2n1CC(=O)NC1CCCC1. The standard InChI is InChI=1S/C18H24N4O2/c1-12(19-13(2)23)18-21-15-9-5-6-10-16(15)22(18)11-17(24)20-14-7-3-4-8-14/h5-6,9-10,12,14H,3-4,7-8,11H2,1-2H3,(H,19,23)(H,20,24)/t12-/m1/s1. The number of nitrogens with zero attached hydrogens (tertiary/aromatic N) is 2. The van der Waals surface area contributed by atoms with Crippen LogP contribution in [0.3, 0.4) is 0 Å². The van der Waals surface area contributed by atoms with Crippen molar-refractivity contribution in [1.82, 2.24) is 20.2 Å². The van der Waals surface area contributed by atoms with Gasteiger partial charge in [0.1, 0.15) is 12.4 Å². The second-order valence-corrected chi connectivity index (χ2v) is 6.52. The van der Waals surface area contributed by atoms with Gasteiger partial charge >= 0.3 is 0 Å². The Bertz CT molecular complexity index is 747. The Kier molecular flexibility index (Phi) is 4.83. The highest BCUT2D eigenvalue weighted by atomic mass is 16.2. The summed E-state index contributed by atoms with van der Waals surface area (Å²) in [5.74, 6) is 0.589. The van der Waals surface area contributed by atoms with E-state index < -0.39 is 0 Å². The van der Waals surface area contributed by atoms with Crippen molar-refractivity contribution in [3.63, 3.8) is 0 Å².